The Bertz CT molecular complexity index is 2140. The Kier molecular flexibility index (Phi) is 8.31. The van der Waals surface area contributed by atoms with Gasteiger partial charge in [-0.15, -0.1) is 11.3 Å². The summed E-state index contributed by atoms with van der Waals surface area (Å²) in [6, 6.07) is 35.3. The summed E-state index contributed by atoms with van der Waals surface area (Å²) >= 11 is 1.13. The average Bonchev–Trinajstić information content (AvgIpc) is 3.37. The first-order valence-corrected chi connectivity index (χ1v) is 15.0. The topological polar surface area (TPSA) is 117 Å². The van der Waals surface area contributed by atoms with E-state index in [-0.39, 0.29) is 23.6 Å². The molecule has 5 aromatic rings. The molecule has 45 heavy (non-hydrogen) atoms. The van der Waals surface area contributed by atoms with E-state index in [1.807, 2.05) is 84.9 Å². The number of ether oxygens (including phenoxy) is 3. The molecule has 1 aromatic heterocycles. The van der Waals surface area contributed by atoms with Gasteiger partial charge in [-0.3, -0.25) is 9.36 Å². The largest absolute Gasteiger partial charge is 0.463 e. The maximum absolute atomic E-state index is 13.8. The van der Waals surface area contributed by atoms with Crippen molar-refractivity contribution in [2.45, 2.75) is 12.8 Å². The fourth-order valence-corrected chi connectivity index (χ4v) is 6.25. The van der Waals surface area contributed by atoms with Crippen molar-refractivity contribution in [2.24, 2.45) is 5.73 Å². The standard InChI is InChI=1S/C36H27N3O5S/c1-2-42-36(41)32-31(24-12-10-18-28(21-24)44-26-15-7-4-8-16-26)29(22-37)35-39(33(32)38)34(40)30(45-35)20-23-11-9-17-27(19-23)43-25-13-5-3-6-14-25/h3-21,31H,2,38H2,1H3/b30-20-. The summed E-state index contributed by atoms with van der Waals surface area (Å²) in [5, 5.41) is 10.5. The average molecular weight is 614 g/mol. The van der Waals surface area contributed by atoms with Gasteiger partial charge in [-0.1, -0.05) is 60.7 Å². The minimum Gasteiger partial charge on any atom is -0.463 e. The molecule has 0 fully saturated rings. The lowest BCUT2D eigenvalue weighted by Crippen LogP contribution is -2.40. The number of hydrogen-bond acceptors (Lipinski definition) is 8. The van der Waals surface area contributed by atoms with E-state index < -0.39 is 17.4 Å². The first-order valence-electron chi connectivity index (χ1n) is 14.2. The van der Waals surface area contributed by atoms with Crippen LogP contribution in [0.15, 0.2) is 120 Å². The van der Waals surface area contributed by atoms with E-state index in [0.29, 0.717) is 43.3 Å². The summed E-state index contributed by atoms with van der Waals surface area (Å²) in [7, 11) is 0. The molecule has 0 radical (unpaired) electrons. The van der Waals surface area contributed by atoms with Gasteiger partial charge in [0.2, 0.25) is 0 Å². The minimum absolute atomic E-state index is 0.0162. The molecule has 2 N–H and O–H groups in total. The van der Waals surface area contributed by atoms with E-state index in [4.69, 9.17) is 19.9 Å². The highest BCUT2D eigenvalue weighted by Gasteiger charge is 2.36. The second kappa shape index (κ2) is 12.8. The highest BCUT2D eigenvalue weighted by Crippen LogP contribution is 2.38. The van der Waals surface area contributed by atoms with Crippen LogP contribution in [0.25, 0.3) is 17.5 Å². The Morgan fingerprint density at radius 3 is 2.11 bits per heavy atom. The predicted octanol–water partition coefficient (Wildman–Crippen LogP) is 5.49. The van der Waals surface area contributed by atoms with Crippen molar-refractivity contribution < 1.29 is 19.0 Å². The van der Waals surface area contributed by atoms with Gasteiger partial charge in [-0.05, 0) is 72.7 Å². The normalized spacial score (nSPS) is 14.4. The van der Waals surface area contributed by atoms with Gasteiger partial charge < -0.3 is 19.9 Å². The van der Waals surface area contributed by atoms with Crippen molar-refractivity contribution in [2.75, 3.05) is 6.61 Å². The van der Waals surface area contributed by atoms with Gasteiger partial charge in [0.1, 0.15) is 33.5 Å². The van der Waals surface area contributed by atoms with Gasteiger partial charge in [0.05, 0.1) is 34.3 Å². The Morgan fingerprint density at radius 2 is 1.49 bits per heavy atom. The maximum Gasteiger partial charge on any atom is 0.338 e. The van der Waals surface area contributed by atoms with E-state index in [1.54, 1.807) is 37.3 Å². The second-order valence-electron chi connectivity index (χ2n) is 10.0. The van der Waals surface area contributed by atoms with Crippen LogP contribution in [0.2, 0.25) is 0 Å². The number of hydrogen-bond donors (Lipinski definition) is 1. The van der Waals surface area contributed by atoms with Gasteiger partial charge in [-0.25, -0.2) is 4.79 Å². The molecule has 2 heterocycles. The number of para-hydroxylation sites is 2. The number of nitriles is 1. The van der Waals surface area contributed by atoms with Crippen molar-refractivity contribution >= 4 is 34.8 Å². The van der Waals surface area contributed by atoms with Crippen molar-refractivity contribution in [3.8, 4) is 29.1 Å². The number of nitrogens with two attached hydrogens (primary N) is 1. The third-order valence-corrected chi connectivity index (χ3v) is 8.18. The van der Waals surface area contributed by atoms with Crippen LogP contribution >= 0.6 is 11.3 Å². The molecule has 0 spiro atoms. The summed E-state index contributed by atoms with van der Waals surface area (Å²) in [6.07, 6.45) is 1.71. The Morgan fingerprint density at radius 1 is 0.889 bits per heavy atom. The number of esters is 1. The molecular formula is C36H27N3O5S. The molecule has 0 amide bonds. The van der Waals surface area contributed by atoms with E-state index >= 15 is 0 Å². The Hall–Kier alpha value is -5.85. The highest BCUT2D eigenvalue weighted by atomic mass is 32.1. The lowest BCUT2D eigenvalue weighted by Gasteiger charge is -2.25. The van der Waals surface area contributed by atoms with Gasteiger partial charge in [-0.2, -0.15) is 5.26 Å². The predicted molar refractivity (Wildman–Crippen MR) is 173 cm³/mol. The third kappa shape index (κ3) is 6.00. The van der Waals surface area contributed by atoms with Crippen molar-refractivity contribution in [1.82, 2.24) is 4.57 Å². The maximum atomic E-state index is 13.8. The van der Waals surface area contributed by atoms with Gasteiger partial charge in [0, 0.05) is 0 Å². The van der Waals surface area contributed by atoms with Crippen LogP contribution in [0.5, 0.6) is 23.0 Å². The number of rotatable bonds is 8. The Labute approximate surface area is 262 Å². The smallest absolute Gasteiger partial charge is 0.338 e. The van der Waals surface area contributed by atoms with Crippen LogP contribution < -0.4 is 30.0 Å². The highest BCUT2D eigenvalue weighted by molar-refractivity contribution is 7.07. The molecule has 0 bridgehead atoms. The molecular weight excluding hydrogens is 586 g/mol. The number of carbonyl (C=O) groups is 1. The van der Waals surface area contributed by atoms with Crippen LogP contribution in [0, 0.1) is 11.3 Å². The Balaban J connectivity index is 1.48. The van der Waals surface area contributed by atoms with Crippen molar-refractivity contribution in [3.05, 3.63) is 145 Å². The lowest BCUT2D eigenvalue weighted by molar-refractivity contribution is -0.138. The molecule has 0 aliphatic carbocycles. The SMILES string of the molecule is CCOC(=O)C1=C(N)n2c(s/c(=C\c3cccc(Oc4ccccc4)c3)c2=O)=C(C#N)C1c1cccc(Oc2ccccc2)c1. The van der Waals surface area contributed by atoms with Crippen LogP contribution in [-0.4, -0.2) is 17.1 Å². The lowest BCUT2D eigenvalue weighted by atomic mass is 9.83. The molecule has 4 aromatic carbocycles. The van der Waals surface area contributed by atoms with Gasteiger partial charge in [0.15, 0.2) is 0 Å². The third-order valence-electron chi connectivity index (χ3n) is 7.07. The number of nitrogens with zero attached hydrogens (tertiary/aromatic N) is 2. The molecule has 1 aliphatic heterocycles. The molecule has 1 atom stereocenters. The van der Waals surface area contributed by atoms with Crippen LogP contribution in [0.3, 0.4) is 0 Å². The zero-order valence-electron chi connectivity index (χ0n) is 24.2. The van der Waals surface area contributed by atoms with Crippen LogP contribution in [0.1, 0.15) is 24.0 Å². The molecule has 8 nitrogen and oxygen atoms in total. The van der Waals surface area contributed by atoms with Gasteiger partial charge in [0.25, 0.3) is 5.56 Å². The molecule has 222 valence electrons. The molecule has 9 heteroatoms. The number of thiazole rings is 1. The number of benzene rings is 4. The summed E-state index contributed by atoms with van der Waals surface area (Å²) < 4.78 is 19.3. The number of aromatic nitrogens is 1. The van der Waals surface area contributed by atoms with Crippen LogP contribution in [-0.2, 0) is 9.53 Å². The summed E-state index contributed by atoms with van der Waals surface area (Å²) in [4.78, 5) is 27.2. The monoisotopic (exact) mass is 613 g/mol. The molecule has 0 saturated carbocycles. The van der Waals surface area contributed by atoms with Crippen LogP contribution in [0.4, 0.5) is 0 Å². The quantitative estimate of drug-likeness (QED) is 0.230. The zero-order valence-corrected chi connectivity index (χ0v) is 25.0. The zero-order chi connectivity index (χ0) is 31.3. The van der Waals surface area contributed by atoms with Crippen molar-refractivity contribution in [1.29, 1.82) is 5.26 Å². The van der Waals surface area contributed by atoms with Gasteiger partial charge >= 0.3 is 5.97 Å². The minimum atomic E-state index is -0.887. The summed E-state index contributed by atoms with van der Waals surface area (Å²) in [5.74, 6) is 0.756. The van der Waals surface area contributed by atoms with E-state index in [2.05, 4.69) is 6.07 Å². The summed E-state index contributed by atoms with van der Waals surface area (Å²) in [6.45, 7) is 1.77. The van der Waals surface area contributed by atoms with Crippen molar-refractivity contribution in [3.63, 3.8) is 0 Å². The first kappa shape index (κ1) is 29.2. The van der Waals surface area contributed by atoms with E-state index in [1.165, 1.54) is 4.57 Å². The molecule has 6 rings (SSSR count). The number of carbonyl (C=O) groups excluding carboxylic acids is 1. The fourth-order valence-electron chi connectivity index (χ4n) is 5.12. The first-order chi connectivity index (χ1) is 22.0. The molecule has 1 unspecified atom stereocenters. The molecule has 0 saturated heterocycles. The summed E-state index contributed by atoms with van der Waals surface area (Å²) in [5.41, 5.74) is 7.68. The fraction of sp³-hybridized carbons (Fsp3) is 0.0833. The van der Waals surface area contributed by atoms with E-state index in [0.717, 1.165) is 11.3 Å². The van der Waals surface area contributed by atoms with E-state index in [9.17, 15) is 14.9 Å². The number of fused-ring (bicyclic) bond motifs is 1. The second-order valence-corrected chi connectivity index (χ2v) is 11.0. The molecule has 1 aliphatic rings.